The van der Waals surface area contributed by atoms with E-state index in [9.17, 15) is 14.7 Å². The Kier molecular flexibility index (Phi) is 10.5. The molecule has 5 rings (SSSR count). The van der Waals surface area contributed by atoms with E-state index in [1.165, 1.54) is 11.1 Å². The number of aliphatic hydroxyl groups excluding tert-OH is 1. The summed E-state index contributed by atoms with van der Waals surface area (Å²) in [5.74, 6) is 0.326. The van der Waals surface area contributed by atoms with Gasteiger partial charge in [0.05, 0.1) is 33.0 Å². The minimum atomic E-state index is -0.915. The molecule has 1 saturated heterocycles. The molecule has 10 heteroatoms. The molecule has 3 aromatic carbocycles. The zero-order valence-corrected chi connectivity index (χ0v) is 25.2. The average molecular weight is 605 g/mol. The molecule has 2 aliphatic heterocycles. The van der Waals surface area contributed by atoms with Crippen molar-refractivity contribution in [3.8, 4) is 11.5 Å². The zero-order valence-electron chi connectivity index (χ0n) is 25.2. The first-order chi connectivity index (χ1) is 21.3. The van der Waals surface area contributed by atoms with E-state index in [4.69, 9.17) is 24.1 Å². The van der Waals surface area contributed by atoms with Gasteiger partial charge in [0.2, 0.25) is 5.91 Å². The Labute approximate surface area is 257 Å². The van der Waals surface area contributed by atoms with Gasteiger partial charge in [-0.15, -0.1) is 0 Å². The van der Waals surface area contributed by atoms with Gasteiger partial charge >= 0.3 is 5.97 Å². The third-order valence-corrected chi connectivity index (χ3v) is 8.13. The molecule has 1 amide bonds. The predicted molar refractivity (Wildman–Crippen MR) is 164 cm³/mol. The summed E-state index contributed by atoms with van der Waals surface area (Å²) >= 11 is 0. The highest BCUT2D eigenvalue weighted by Gasteiger charge is 2.34. The molecular weight excluding hydrogens is 564 g/mol. The maximum absolute atomic E-state index is 12.2. The van der Waals surface area contributed by atoms with E-state index >= 15 is 0 Å². The summed E-state index contributed by atoms with van der Waals surface area (Å²) in [6.45, 7) is 2.38. The number of carboxylic acids is 1. The van der Waals surface area contributed by atoms with Crippen LogP contribution < -0.4 is 14.8 Å². The summed E-state index contributed by atoms with van der Waals surface area (Å²) in [6.07, 6.45) is 1.04. The molecule has 3 N–H and O–H groups in total. The highest BCUT2D eigenvalue weighted by Crippen LogP contribution is 2.39. The van der Waals surface area contributed by atoms with E-state index < -0.39 is 12.3 Å². The molecule has 0 aliphatic carbocycles. The Hall–Kier alpha value is -3.96. The van der Waals surface area contributed by atoms with E-state index in [0.717, 1.165) is 54.2 Å². The first-order valence-corrected chi connectivity index (χ1v) is 14.9. The quantitative estimate of drug-likeness (QED) is 0.262. The minimum absolute atomic E-state index is 0.0181. The number of hydrogen-bond donors (Lipinski definition) is 3. The summed E-state index contributed by atoms with van der Waals surface area (Å²) in [5.41, 5.74) is 5.79. The van der Waals surface area contributed by atoms with Gasteiger partial charge in [-0.3, -0.25) is 14.5 Å². The van der Waals surface area contributed by atoms with E-state index in [-0.39, 0.29) is 44.0 Å². The van der Waals surface area contributed by atoms with Crippen LogP contribution in [0.2, 0.25) is 0 Å². The lowest BCUT2D eigenvalue weighted by atomic mass is 9.97. The van der Waals surface area contributed by atoms with E-state index in [0.29, 0.717) is 12.1 Å². The van der Waals surface area contributed by atoms with Crippen LogP contribution in [0.3, 0.4) is 0 Å². The standard InChI is InChI=1S/C34H40N2O8/c1-41-30-16-25-14-15-36(19-26(25)17-31(30)42-2)20-28-18-29(23-8-6-22(21-37)7-9-23)44-34(43-28)24-10-12-27(13-11-24)35-32(38)4-3-5-33(39)40/h6-13,16-17,28-29,34,37H,3-5,14-15,18-21H2,1-2H3,(H,35,38)(H,39,40). The number of methoxy groups -OCH3 is 2. The van der Waals surface area contributed by atoms with Gasteiger partial charge in [0.25, 0.3) is 0 Å². The van der Waals surface area contributed by atoms with Crippen molar-refractivity contribution in [3.05, 3.63) is 88.5 Å². The third kappa shape index (κ3) is 7.95. The lowest BCUT2D eigenvalue weighted by molar-refractivity contribution is -0.253. The van der Waals surface area contributed by atoms with Crippen LogP contribution in [-0.4, -0.2) is 60.4 Å². The van der Waals surface area contributed by atoms with E-state index in [2.05, 4.69) is 22.3 Å². The highest BCUT2D eigenvalue weighted by molar-refractivity contribution is 5.90. The number of carbonyl (C=O) groups excluding carboxylic acids is 1. The van der Waals surface area contributed by atoms with Crippen molar-refractivity contribution >= 4 is 17.6 Å². The minimum Gasteiger partial charge on any atom is -0.493 e. The first-order valence-electron chi connectivity index (χ1n) is 14.9. The number of carboxylic acid groups (broad SMARTS) is 1. The number of rotatable bonds is 12. The fraction of sp³-hybridized carbons (Fsp3) is 0.412. The van der Waals surface area contributed by atoms with Gasteiger partial charge in [-0.1, -0.05) is 36.4 Å². The molecule has 2 heterocycles. The monoisotopic (exact) mass is 604 g/mol. The number of aliphatic carboxylic acids is 1. The number of amides is 1. The number of ether oxygens (including phenoxy) is 4. The normalized spacial score (nSPS) is 20.0. The van der Waals surface area contributed by atoms with Crippen molar-refractivity contribution in [1.82, 2.24) is 4.90 Å². The molecule has 0 saturated carbocycles. The summed E-state index contributed by atoms with van der Waals surface area (Å²) in [7, 11) is 3.30. The first kappa shape index (κ1) is 31.5. The van der Waals surface area contributed by atoms with Gasteiger partial charge in [0, 0.05) is 50.1 Å². The van der Waals surface area contributed by atoms with Crippen molar-refractivity contribution in [2.75, 3.05) is 32.6 Å². The van der Waals surface area contributed by atoms with E-state index in [1.54, 1.807) is 26.4 Å². The lowest BCUT2D eigenvalue weighted by Gasteiger charge is -2.39. The molecule has 0 radical (unpaired) electrons. The van der Waals surface area contributed by atoms with Gasteiger partial charge in [0.1, 0.15) is 0 Å². The maximum Gasteiger partial charge on any atom is 0.303 e. The maximum atomic E-state index is 12.2. The molecule has 10 nitrogen and oxygen atoms in total. The third-order valence-electron chi connectivity index (χ3n) is 8.13. The van der Waals surface area contributed by atoms with Crippen molar-refractivity contribution in [1.29, 1.82) is 0 Å². The second-order valence-corrected chi connectivity index (χ2v) is 11.2. The Morgan fingerprint density at radius 2 is 1.61 bits per heavy atom. The van der Waals surface area contributed by atoms with Gasteiger partial charge in [-0.2, -0.15) is 0 Å². The number of aliphatic hydroxyl groups is 1. The molecule has 3 atom stereocenters. The number of nitrogens with one attached hydrogen (secondary N) is 1. The molecule has 0 bridgehead atoms. The lowest BCUT2D eigenvalue weighted by Crippen LogP contribution is -2.41. The smallest absolute Gasteiger partial charge is 0.303 e. The van der Waals surface area contributed by atoms with Crippen LogP contribution in [0, 0.1) is 0 Å². The Balaban J connectivity index is 1.29. The van der Waals surface area contributed by atoms with Crippen LogP contribution in [0.4, 0.5) is 5.69 Å². The molecule has 3 aromatic rings. The fourth-order valence-electron chi connectivity index (χ4n) is 5.77. The Morgan fingerprint density at radius 1 is 0.932 bits per heavy atom. The summed E-state index contributed by atoms with van der Waals surface area (Å²) < 4.78 is 24.1. The fourth-order valence-corrected chi connectivity index (χ4v) is 5.77. The number of carbonyl (C=O) groups is 2. The van der Waals surface area contributed by atoms with Crippen LogP contribution in [-0.2, 0) is 38.6 Å². The Morgan fingerprint density at radius 3 is 2.27 bits per heavy atom. The van der Waals surface area contributed by atoms with Gasteiger partial charge < -0.3 is 34.5 Å². The molecular formula is C34H40N2O8. The van der Waals surface area contributed by atoms with Gasteiger partial charge in [-0.25, -0.2) is 0 Å². The molecule has 1 fully saturated rings. The number of anilines is 1. The number of benzene rings is 3. The SMILES string of the molecule is COc1cc2c(cc1OC)CN(CC1CC(c3ccc(CO)cc3)OC(c3ccc(NC(=O)CCCC(=O)O)cc3)O1)CC2. The van der Waals surface area contributed by atoms with Crippen LogP contribution in [0.25, 0.3) is 0 Å². The molecule has 3 unspecified atom stereocenters. The second kappa shape index (κ2) is 14.7. The Bertz CT molecular complexity index is 1430. The summed E-state index contributed by atoms with van der Waals surface area (Å²) in [6, 6.07) is 19.3. The number of hydrogen-bond acceptors (Lipinski definition) is 8. The van der Waals surface area contributed by atoms with Gasteiger partial charge in [0.15, 0.2) is 17.8 Å². The van der Waals surface area contributed by atoms with Crippen LogP contribution in [0.1, 0.15) is 65.9 Å². The molecule has 44 heavy (non-hydrogen) atoms. The molecule has 234 valence electrons. The summed E-state index contributed by atoms with van der Waals surface area (Å²) in [4.78, 5) is 25.3. The highest BCUT2D eigenvalue weighted by atomic mass is 16.7. The summed E-state index contributed by atoms with van der Waals surface area (Å²) in [5, 5.41) is 21.1. The van der Waals surface area contributed by atoms with Crippen molar-refractivity contribution < 1.29 is 38.7 Å². The van der Waals surface area contributed by atoms with Crippen LogP contribution in [0.15, 0.2) is 60.7 Å². The topological polar surface area (TPSA) is 127 Å². The number of fused-ring (bicyclic) bond motifs is 1. The predicted octanol–water partition coefficient (Wildman–Crippen LogP) is 4.99. The molecule has 0 spiro atoms. The second-order valence-electron chi connectivity index (χ2n) is 11.2. The van der Waals surface area contributed by atoms with Crippen molar-refractivity contribution in [3.63, 3.8) is 0 Å². The average Bonchev–Trinajstić information content (AvgIpc) is 3.04. The molecule has 0 aromatic heterocycles. The van der Waals surface area contributed by atoms with Crippen molar-refractivity contribution in [2.45, 2.75) is 63.8 Å². The van der Waals surface area contributed by atoms with Crippen LogP contribution >= 0.6 is 0 Å². The van der Waals surface area contributed by atoms with E-state index in [1.807, 2.05) is 36.4 Å². The van der Waals surface area contributed by atoms with Crippen LogP contribution in [0.5, 0.6) is 11.5 Å². The largest absolute Gasteiger partial charge is 0.493 e. The molecule has 2 aliphatic rings. The zero-order chi connectivity index (χ0) is 31.1. The number of nitrogens with zero attached hydrogens (tertiary/aromatic N) is 1. The van der Waals surface area contributed by atoms with Gasteiger partial charge in [-0.05, 0) is 59.4 Å². The van der Waals surface area contributed by atoms with Crippen molar-refractivity contribution in [2.24, 2.45) is 0 Å².